The topological polar surface area (TPSA) is 115 Å². The molecule has 0 radical (unpaired) electrons. The molecule has 1 aromatic heterocycles. The van der Waals surface area contributed by atoms with E-state index in [2.05, 4.69) is 27.2 Å². The Morgan fingerprint density at radius 3 is 2.35 bits per heavy atom. The second kappa shape index (κ2) is 18.7. The molecule has 3 atom stereocenters. The minimum Gasteiger partial charge on any atom is -0.513 e. The zero-order valence-electron chi connectivity index (χ0n) is 27.2. The number of aliphatic hydroxyl groups excluding tert-OH is 1. The molecule has 1 aliphatic carbocycles. The molecule has 4 rings (SSSR count). The summed E-state index contributed by atoms with van der Waals surface area (Å²) in [6, 6.07) is 7.64. The number of aryl methyl sites for hydroxylation is 2. The number of halogens is 4. The number of hydrogen-bond acceptors (Lipinski definition) is 6. The van der Waals surface area contributed by atoms with Crippen LogP contribution >= 0.6 is 0 Å². The Labute approximate surface area is 287 Å². The number of aliphatic imine (C=N–C) groups is 1. The summed E-state index contributed by atoms with van der Waals surface area (Å²) in [5.74, 6) is -3.50. The van der Waals surface area contributed by atoms with Crippen molar-refractivity contribution < 1.29 is 54.8 Å². The predicted octanol–water partition coefficient (Wildman–Crippen LogP) is 7.70. The van der Waals surface area contributed by atoms with E-state index in [1.807, 2.05) is 64.7 Å². The number of aromatic nitrogens is 2. The normalized spacial score (nSPS) is 18.0. The average Bonchev–Trinajstić information content (AvgIpc) is 3.28. The first-order chi connectivity index (χ1) is 21.3. The molecule has 1 saturated carbocycles. The number of amides is 1. The second-order valence-electron chi connectivity index (χ2n) is 10.3. The molecule has 8 nitrogen and oxygen atoms in total. The van der Waals surface area contributed by atoms with Gasteiger partial charge >= 0.3 is 6.18 Å². The molecule has 3 aromatic rings. The third-order valence-electron chi connectivity index (χ3n) is 7.32. The van der Waals surface area contributed by atoms with Crippen LogP contribution in [0.15, 0.2) is 59.9 Å². The number of nitrogens with one attached hydrogen (secondary N) is 3. The summed E-state index contributed by atoms with van der Waals surface area (Å²) in [7, 11) is 5.68. The van der Waals surface area contributed by atoms with Crippen molar-refractivity contribution in [2.75, 3.05) is 19.4 Å². The molecule has 0 saturated heterocycles. The Morgan fingerprint density at radius 1 is 1.15 bits per heavy atom. The first kappa shape index (κ1) is 40.6. The van der Waals surface area contributed by atoms with Crippen LogP contribution in [0.5, 0.6) is 0 Å². The van der Waals surface area contributed by atoms with E-state index in [9.17, 15) is 27.5 Å². The Morgan fingerprint density at radius 2 is 1.78 bits per heavy atom. The summed E-state index contributed by atoms with van der Waals surface area (Å²) < 4.78 is 55.0. The van der Waals surface area contributed by atoms with Gasteiger partial charge in [-0.05, 0) is 75.8 Å². The van der Waals surface area contributed by atoms with Crippen molar-refractivity contribution in [1.29, 1.82) is 5.41 Å². The molecule has 1 amide bonds. The molecular formula is C33H42CdF4N6O2. The zero-order valence-corrected chi connectivity index (χ0v) is 31.2. The van der Waals surface area contributed by atoms with Crippen molar-refractivity contribution in [2.24, 2.45) is 29.8 Å². The van der Waals surface area contributed by atoms with Crippen molar-refractivity contribution in [3.05, 3.63) is 77.7 Å². The Hall–Kier alpha value is -3.40. The van der Waals surface area contributed by atoms with E-state index < -0.39 is 46.9 Å². The van der Waals surface area contributed by atoms with Gasteiger partial charge in [-0.1, -0.05) is 32.9 Å². The molecule has 2 unspecified atom stereocenters. The maximum absolute atomic E-state index is 14.4. The largest absolute Gasteiger partial charge is 0.513 e. The van der Waals surface area contributed by atoms with Gasteiger partial charge in [0.25, 0.3) is 0 Å². The van der Waals surface area contributed by atoms with Crippen LogP contribution in [0.3, 0.4) is 0 Å². The number of fused-ring (bicyclic) bond motifs is 1. The van der Waals surface area contributed by atoms with Gasteiger partial charge in [-0.3, -0.25) is 9.79 Å². The number of carbonyl (C=O) groups excluding carboxylic acids is 1. The number of rotatable bonds is 7. The minimum atomic E-state index is -4.72. The van der Waals surface area contributed by atoms with Gasteiger partial charge in [-0.15, -0.1) is 0 Å². The van der Waals surface area contributed by atoms with Crippen LogP contribution < -0.4 is 10.6 Å². The van der Waals surface area contributed by atoms with E-state index in [0.29, 0.717) is 37.1 Å². The van der Waals surface area contributed by atoms with Crippen LogP contribution in [0.2, 0.25) is 0 Å². The first-order valence-corrected chi connectivity index (χ1v) is 14.6. The van der Waals surface area contributed by atoms with Gasteiger partial charge in [0.2, 0.25) is 5.91 Å². The van der Waals surface area contributed by atoms with E-state index in [0.717, 1.165) is 34.7 Å². The number of carbonyl (C=O) groups is 1. The number of aliphatic hydroxyl groups is 1. The van der Waals surface area contributed by atoms with E-state index in [1.54, 1.807) is 6.08 Å². The van der Waals surface area contributed by atoms with Crippen molar-refractivity contribution in [1.82, 2.24) is 14.9 Å². The van der Waals surface area contributed by atoms with Gasteiger partial charge in [0, 0.05) is 64.5 Å². The van der Waals surface area contributed by atoms with Crippen molar-refractivity contribution >= 4 is 40.6 Å². The third-order valence-corrected chi connectivity index (χ3v) is 7.32. The monoisotopic (exact) mass is 744 g/mol. The summed E-state index contributed by atoms with van der Waals surface area (Å²) in [6.07, 6.45) is 1.04. The summed E-state index contributed by atoms with van der Waals surface area (Å²) in [5, 5.41) is 23.5. The Balaban J connectivity index is 0.00000166. The molecule has 1 fully saturated rings. The average molecular weight is 743 g/mol. The quantitative estimate of drug-likeness (QED) is 0.0860. The SMILES string of the molecule is C=C(O)[C@H]1C(C(=O)Nc2ccc(C(F)(F)F)cc2F)CCCC1C(C=N)=N/C=C/c1ccc2c(c1)nc(C)n2C.CC.CNC.[Cd]. The summed E-state index contributed by atoms with van der Waals surface area (Å²) in [6.45, 7) is 9.54. The third kappa shape index (κ3) is 10.3. The number of nitrogens with zero attached hydrogens (tertiary/aromatic N) is 3. The molecule has 1 heterocycles. The second-order valence-corrected chi connectivity index (χ2v) is 10.3. The smallest absolute Gasteiger partial charge is 0.416 e. The number of alkyl halides is 3. The Kier molecular flexibility index (Phi) is 16.5. The van der Waals surface area contributed by atoms with Crippen molar-refractivity contribution in [3.63, 3.8) is 0 Å². The van der Waals surface area contributed by atoms with Crippen molar-refractivity contribution in [3.8, 4) is 0 Å². The molecule has 2 aromatic carbocycles. The van der Waals surface area contributed by atoms with Gasteiger partial charge < -0.3 is 25.7 Å². The Bertz CT molecular complexity index is 1550. The molecule has 0 spiro atoms. The molecule has 246 valence electrons. The summed E-state index contributed by atoms with van der Waals surface area (Å²) in [4.78, 5) is 22.1. The molecule has 0 aliphatic heterocycles. The maximum atomic E-state index is 14.4. The van der Waals surface area contributed by atoms with E-state index >= 15 is 0 Å². The fourth-order valence-corrected chi connectivity index (χ4v) is 5.20. The number of allylic oxidation sites excluding steroid dienone is 1. The van der Waals surface area contributed by atoms with Crippen LogP contribution in [-0.2, 0) is 45.3 Å². The van der Waals surface area contributed by atoms with Gasteiger partial charge in [-0.25, -0.2) is 9.37 Å². The summed E-state index contributed by atoms with van der Waals surface area (Å²) >= 11 is 0. The zero-order chi connectivity index (χ0) is 33.9. The standard InChI is InChI=1S/C29H29F4N5O2.C2H7N.C2H6.Cd/c1-16(39)27-20(25(15-34)35-12-11-18-7-10-26-24(13-18)36-17(2)38(26)3)5-4-6-21(27)28(40)37-23-9-8-19(14-22(23)30)29(31,32)33;1-3-2;1-2;/h7-15,20-21,27,34,39H,1,4-6H2,2-3H3,(H,37,40);3H,1-2H3;1-2H3;/b12-11+,34-15?,35-25?;;;/t20?,21?,27-;;;/m1.../s1. The number of anilines is 1. The van der Waals surface area contributed by atoms with Gasteiger partial charge in [0.15, 0.2) is 0 Å². The fraction of sp³-hybridized carbons (Fsp3) is 0.394. The first-order valence-electron chi connectivity index (χ1n) is 14.6. The molecule has 1 aliphatic rings. The van der Waals surface area contributed by atoms with E-state index in [1.165, 1.54) is 6.20 Å². The predicted molar refractivity (Wildman–Crippen MR) is 173 cm³/mol. The minimum absolute atomic E-state index is 0. The van der Waals surface area contributed by atoms with Gasteiger partial charge in [0.05, 0.1) is 33.8 Å². The van der Waals surface area contributed by atoms with Crippen LogP contribution in [0.25, 0.3) is 17.1 Å². The molecule has 46 heavy (non-hydrogen) atoms. The van der Waals surface area contributed by atoms with Crippen LogP contribution in [0.4, 0.5) is 23.2 Å². The van der Waals surface area contributed by atoms with Crippen LogP contribution in [0, 0.1) is 35.9 Å². The van der Waals surface area contributed by atoms with E-state index in [4.69, 9.17) is 5.41 Å². The maximum Gasteiger partial charge on any atom is 0.416 e. The molecular weight excluding hydrogens is 701 g/mol. The number of imidazole rings is 1. The van der Waals surface area contributed by atoms with Crippen molar-refractivity contribution in [2.45, 2.75) is 46.2 Å². The molecule has 4 N–H and O–H groups in total. The molecule has 0 bridgehead atoms. The van der Waals surface area contributed by atoms with Gasteiger partial charge in [0.1, 0.15) is 11.6 Å². The summed E-state index contributed by atoms with van der Waals surface area (Å²) in [5.41, 5.74) is 1.43. The fourth-order valence-electron chi connectivity index (χ4n) is 5.20. The number of benzene rings is 2. The van der Waals surface area contributed by atoms with Crippen LogP contribution in [0.1, 0.15) is 50.1 Å². The molecule has 13 heteroatoms. The van der Waals surface area contributed by atoms with Crippen LogP contribution in [-0.4, -0.2) is 46.6 Å². The van der Waals surface area contributed by atoms with Gasteiger partial charge in [-0.2, -0.15) is 13.2 Å². The number of hydrogen-bond donors (Lipinski definition) is 4. The van der Waals surface area contributed by atoms with E-state index in [-0.39, 0.29) is 33.1 Å².